The fourth-order valence-corrected chi connectivity index (χ4v) is 3.82. The molecule has 2 saturated heterocycles. The smallest absolute Gasteiger partial charge is 0.312 e. The average molecular weight is 395 g/mol. The van der Waals surface area contributed by atoms with Crippen LogP contribution in [-0.2, 0) is 20.8 Å². The van der Waals surface area contributed by atoms with Crippen molar-refractivity contribution in [3.8, 4) is 5.69 Å². The number of aromatic nitrogens is 2. The van der Waals surface area contributed by atoms with E-state index in [1.54, 1.807) is 25.6 Å². The number of likely N-dealkylation sites (tertiary alicyclic amines) is 1. The molecule has 0 N–H and O–H groups in total. The van der Waals surface area contributed by atoms with Crippen molar-refractivity contribution in [3.05, 3.63) is 48.3 Å². The molecule has 3 heterocycles. The third-order valence-electron chi connectivity index (χ3n) is 5.56. The minimum Gasteiger partial charge on any atom is -0.339 e. The van der Waals surface area contributed by atoms with E-state index >= 15 is 0 Å². The number of benzene rings is 1. The highest BCUT2D eigenvalue weighted by Crippen LogP contribution is 2.13. The van der Waals surface area contributed by atoms with Crippen LogP contribution in [0.25, 0.3) is 5.69 Å². The fraction of sp³-hybridized carbons (Fsp3) is 0.429. The molecule has 0 spiro atoms. The first-order valence-corrected chi connectivity index (χ1v) is 10.1. The topological polar surface area (TPSA) is 78.8 Å². The zero-order valence-electron chi connectivity index (χ0n) is 16.4. The molecule has 2 aromatic rings. The number of hydrogen-bond acceptors (Lipinski definition) is 4. The van der Waals surface area contributed by atoms with Crippen molar-refractivity contribution in [2.75, 3.05) is 39.3 Å². The van der Waals surface area contributed by atoms with E-state index < -0.39 is 11.8 Å². The van der Waals surface area contributed by atoms with Crippen molar-refractivity contribution in [2.45, 2.75) is 19.3 Å². The van der Waals surface area contributed by atoms with Crippen LogP contribution in [0.5, 0.6) is 0 Å². The summed E-state index contributed by atoms with van der Waals surface area (Å²) >= 11 is 0. The number of nitrogens with zero attached hydrogens (tertiary/aromatic N) is 5. The van der Waals surface area contributed by atoms with E-state index in [1.807, 2.05) is 36.5 Å². The predicted molar refractivity (Wildman–Crippen MR) is 106 cm³/mol. The maximum atomic E-state index is 12.6. The first kappa shape index (κ1) is 19.2. The van der Waals surface area contributed by atoms with Crippen LogP contribution in [0.3, 0.4) is 0 Å². The molecule has 8 heteroatoms. The maximum Gasteiger partial charge on any atom is 0.312 e. The van der Waals surface area contributed by atoms with Crippen molar-refractivity contribution in [2.24, 2.45) is 0 Å². The molecule has 2 fully saturated rings. The van der Waals surface area contributed by atoms with Crippen LogP contribution < -0.4 is 0 Å². The van der Waals surface area contributed by atoms with E-state index in [0.29, 0.717) is 45.7 Å². The Bertz CT molecular complexity index is 864. The SMILES string of the molecule is O=C(Cc1ccc(-n2cccn2)cc1)N1CCN(C(=O)C(=O)N2CCCC2)CC1. The molecule has 8 nitrogen and oxygen atoms in total. The molecule has 1 aromatic heterocycles. The van der Waals surface area contributed by atoms with Gasteiger partial charge in [0.1, 0.15) is 0 Å². The van der Waals surface area contributed by atoms with E-state index in [4.69, 9.17) is 0 Å². The number of rotatable bonds is 3. The summed E-state index contributed by atoms with van der Waals surface area (Å²) in [7, 11) is 0. The Morgan fingerprint density at radius 2 is 1.38 bits per heavy atom. The molecule has 1 aromatic carbocycles. The molecule has 0 radical (unpaired) electrons. The summed E-state index contributed by atoms with van der Waals surface area (Å²) in [5.41, 5.74) is 1.88. The lowest BCUT2D eigenvalue weighted by atomic mass is 10.1. The monoisotopic (exact) mass is 395 g/mol. The van der Waals surface area contributed by atoms with Gasteiger partial charge in [0.05, 0.1) is 12.1 Å². The molecule has 4 rings (SSSR count). The predicted octanol–water partition coefficient (Wildman–Crippen LogP) is 0.708. The van der Waals surface area contributed by atoms with Gasteiger partial charge in [0.25, 0.3) is 0 Å². The normalized spacial score (nSPS) is 16.9. The molecule has 0 saturated carbocycles. The average Bonchev–Trinajstić information content (AvgIpc) is 3.47. The van der Waals surface area contributed by atoms with Crippen LogP contribution in [0, 0.1) is 0 Å². The van der Waals surface area contributed by atoms with E-state index in [1.165, 1.54) is 0 Å². The lowest BCUT2D eigenvalue weighted by molar-refractivity contribution is -0.153. The van der Waals surface area contributed by atoms with Gasteiger partial charge in [-0.05, 0) is 36.6 Å². The Kier molecular flexibility index (Phi) is 5.59. The molecule has 3 amide bonds. The Morgan fingerprint density at radius 1 is 0.793 bits per heavy atom. The summed E-state index contributed by atoms with van der Waals surface area (Å²) in [6.45, 7) is 3.07. The summed E-state index contributed by atoms with van der Waals surface area (Å²) < 4.78 is 1.77. The van der Waals surface area contributed by atoms with Crippen molar-refractivity contribution in [3.63, 3.8) is 0 Å². The standard InChI is InChI=1S/C21H25N5O3/c27-19(16-17-4-6-18(7-5-17)26-11-3-8-22-26)23-12-14-25(15-13-23)21(29)20(28)24-9-1-2-10-24/h3-8,11H,1-2,9-10,12-16H2. The molecule has 2 aliphatic heterocycles. The zero-order valence-corrected chi connectivity index (χ0v) is 16.4. The highest BCUT2D eigenvalue weighted by Gasteiger charge is 2.31. The minimum absolute atomic E-state index is 0.0369. The van der Waals surface area contributed by atoms with Gasteiger partial charge in [0, 0.05) is 51.7 Å². The van der Waals surface area contributed by atoms with Gasteiger partial charge in [-0.15, -0.1) is 0 Å². The second kappa shape index (κ2) is 8.46. The molecule has 0 atom stereocenters. The van der Waals surface area contributed by atoms with E-state index in [2.05, 4.69) is 5.10 Å². The van der Waals surface area contributed by atoms with E-state index in [9.17, 15) is 14.4 Å². The van der Waals surface area contributed by atoms with Crippen LogP contribution in [-0.4, -0.2) is 81.5 Å². The number of carbonyl (C=O) groups is 3. The van der Waals surface area contributed by atoms with Crippen molar-refractivity contribution < 1.29 is 14.4 Å². The van der Waals surface area contributed by atoms with E-state index in [-0.39, 0.29) is 5.91 Å². The molecule has 29 heavy (non-hydrogen) atoms. The largest absolute Gasteiger partial charge is 0.339 e. The van der Waals surface area contributed by atoms with Gasteiger partial charge in [0.15, 0.2) is 0 Å². The molecular formula is C21H25N5O3. The van der Waals surface area contributed by atoms with Gasteiger partial charge in [-0.25, -0.2) is 4.68 Å². The Labute approximate surface area is 169 Å². The first-order valence-electron chi connectivity index (χ1n) is 10.1. The highest BCUT2D eigenvalue weighted by molar-refractivity contribution is 6.35. The number of amides is 3. The summed E-state index contributed by atoms with van der Waals surface area (Å²) in [6, 6.07) is 9.61. The molecule has 152 valence electrons. The lowest BCUT2D eigenvalue weighted by Gasteiger charge is -2.35. The van der Waals surface area contributed by atoms with E-state index in [0.717, 1.165) is 24.1 Å². The van der Waals surface area contributed by atoms with Crippen LogP contribution >= 0.6 is 0 Å². The summed E-state index contributed by atoms with van der Waals surface area (Å²) in [5.74, 6) is -0.803. The quantitative estimate of drug-likeness (QED) is 0.717. The van der Waals surface area contributed by atoms with Crippen molar-refractivity contribution in [1.82, 2.24) is 24.5 Å². The first-order chi connectivity index (χ1) is 14.1. The van der Waals surface area contributed by atoms with Gasteiger partial charge in [0.2, 0.25) is 5.91 Å². The summed E-state index contributed by atoms with van der Waals surface area (Å²) in [5, 5.41) is 4.19. The molecular weight excluding hydrogens is 370 g/mol. The van der Waals surface area contributed by atoms with Gasteiger partial charge < -0.3 is 14.7 Å². The van der Waals surface area contributed by atoms with Gasteiger partial charge in [-0.3, -0.25) is 14.4 Å². The maximum absolute atomic E-state index is 12.6. The second-order valence-electron chi connectivity index (χ2n) is 7.47. The van der Waals surface area contributed by atoms with Crippen molar-refractivity contribution in [1.29, 1.82) is 0 Å². The third kappa shape index (κ3) is 4.31. The van der Waals surface area contributed by atoms with Crippen LogP contribution in [0.1, 0.15) is 18.4 Å². The second-order valence-corrected chi connectivity index (χ2v) is 7.47. The fourth-order valence-electron chi connectivity index (χ4n) is 3.82. The molecule has 0 aliphatic carbocycles. The van der Waals surface area contributed by atoms with Gasteiger partial charge >= 0.3 is 11.8 Å². The lowest BCUT2D eigenvalue weighted by Crippen LogP contribution is -2.54. The molecule has 0 bridgehead atoms. The van der Waals surface area contributed by atoms with Crippen molar-refractivity contribution >= 4 is 17.7 Å². The van der Waals surface area contributed by atoms with Gasteiger partial charge in [-0.1, -0.05) is 12.1 Å². The Hall–Kier alpha value is -3.16. The number of carbonyl (C=O) groups excluding carboxylic acids is 3. The van der Waals surface area contributed by atoms with Crippen LogP contribution in [0.15, 0.2) is 42.7 Å². The minimum atomic E-state index is -0.437. The summed E-state index contributed by atoms with van der Waals surface area (Å²) in [6.07, 6.45) is 5.84. The van der Waals surface area contributed by atoms with Gasteiger partial charge in [-0.2, -0.15) is 5.10 Å². The molecule has 2 aliphatic rings. The molecule has 0 unspecified atom stereocenters. The number of piperazine rings is 1. The van der Waals surface area contributed by atoms with Crippen LogP contribution in [0.2, 0.25) is 0 Å². The number of hydrogen-bond donors (Lipinski definition) is 0. The van der Waals surface area contributed by atoms with Crippen LogP contribution in [0.4, 0.5) is 0 Å². The Morgan fingerprint density at radius 3 is 1.97 bits per heavy atom. The summed E-state index contributed by atoms with van der Waals surface area (Å²) in [4.78, 5) is 42.3. The third-order valence-corrected chi connectivity index (χ3v) is 5.56. The Balaban J connectivity index is 1.27. The zero-order chi connectivity index (χ0) is 20.2. The highest BCUT2D eigenvalue weighted by atomic mass is 16.2.